The van der Waals surface area contributed by atoms with Crippen LogP contribution < -0.4 is 9.64 Å². The molecule has 0 saturated carbocycles. The second-order valence-electron chi connectivity index (χ2n) is 11.4. The van der Waals surface area contributed by atoms with Gasteiger partial charge in [0.2, 0.25) is 0 Å². The lowest BCUT2D eigenvalue weighted by molar-refractivity contribution is 0.483. The van der Waals surface area contributed by atoms with E-state index in [1.165, 1.54) is 0 Å². The van der Waals surface area contributed by atoms with Gasteiger partial charge in [-0.3, -0.25) is 4.57 Å². The van der Waals surface area contributed by atoms with Gasteiger partial charge in [0.1, 0.15) is 29.8 Å². The van der Waals surface area contributed by atoms with Gasteiger partial charge in [-0.25, -0.2) is 9.97 Å². The Balaban J connectivity index is 1.16. The zero-order valence-electron chi connectivity index (χ0n) is 28.7. The number of pyridine rings is 1. The van der Waals surface area contributed by atoms with Gasteiger partial charge in [0.25, 0.3) is 0 Å². The third-order valence-electron chi connectivity index (χ3n) is 8.70. The van der Waals surface area contributed by atoms with Gasteiger partial charge in [0.05, 0.1) is 33.2 Å². The highest BCUT2D eigenvalue weighted by Crippen LogP contribution is 2.42. The zero-order chi connectivity index (χ0) is 33.6. The predicted molar refractivity (Wildman–Crippen MR) is 182 cm³/mol. The number of benzene rings is 5. The Labute approximate surface area is 266 Å². The van der Waals surface area contributed by atoms with Crippen molar-refractivity contribution < 1.29 is 10.2 Å². The van der Waals surface area contributed by atoms with E-state index < -0.39 is 0 Å². The topological polar surface area (TPSA) is 48.1 Å². The minimum atomic E-state index is -0.284. The highest BCUT2D eigenvalue weighted by Gasteiger charge is 2.26. The highest BCUT2D eigenvalue weighted by molar-refractivity contribution is 6.09. The van der Waals surface area contributed by atoms with Gasteiger partial charge in [-0.2, -0.15) is 0 Å². The van der Waals surface area contributed by atoms with E-state index in [0.717, 1.165) is 44.9 Å². The van der Waals surface area contributed by atoms with Crippen molar-refractivity contribution in [2.45, 2.75) is 20.5 Å². The van der Waals surface area contributed by atoms with Crippen molar-refractivity contribution in [1.82, 2.24) is 19.1 Å². The van der Waals surface area contributed by atoms with E-state index in [9.17, 15) is 0 Å². The van der Waals surface area contributed by atoms with Crippen LogP contribution in [0.15, 0.2) is 127 Å². The van der Waals surface area contributed by atoms with Crippen molar-refractivity contribution in [1.29, 1.82) is 0 Å². The quantitative estimate of drug-likeness (QED) is 0.206. The number of hydrogen-bond donors (Lipinski definition) is 0. The first-order chi connectivity index (χ1) is 23.8. The monoisotopic (exact) mass is 587 g/mol. The molecule has 9 rings (SSSR count). The Morgan fingerprint density at radius 3 is 2.51 bits per heavy atom. The summed E-state index contributed by atoms with van der Waals surface area (Å²) in [5.74, 6) is 2.73. The number of aromatic nitrogens is 4. The first-order valence-electron chi connectivity index (χ1n) is 16.9. The van der Waals surface area contributed by atoms with E-state index in [4.69, 9.17) is 15.2 Å². The Morgan fingerprint density at radius 1 is 0.733 bits per heavy atom. The fraction of sp³-hybridized carbons (Fsp3) is 0.0769. The van der Waals surface area contributed by atoms with Crippen LogP contribution in [0.1, 0.15) is 16.6 Å². The number of aryl methyl sites for hydroxylation is 2. The molecule has 1 aliphatic heterocycles. The first kappa shape index (κ1) is 21.8. The number of rotatable bonds is 4. The SMILES string of the molecule is [2H]c1c([2H])c([2H])c2c(c1[2H])c1ccc(Oc3cccc(N4Cn5c(nc6ccccc65)-c5ccccc54)c3)cc1n2-c1cc(C)c(C)cn1. The van der Waals surface area contributed by atoms with Crippen LogP contribution in [0.4, 0.5) is 11.4 Å². The zero-order valence-corrected chi connectivity index (χ0v) is 24.7. The minimum absolute atomic E-state index is 0.0828. The van der Waals surface area contributed by atoms with Crippen LogP contribution in [0.5, 0.6) is 11.5 Å². The Kier molecular flexibility index (Phi) is 4.75. The number of hydrogen-bond acceptors (Lipinski definition) is 4. The maximum Gasteiger partial charge on any atom is 0.144 e. The van der Waals surface area contributed by atoms with Crippen LogP contribution >= 0.6 is 0 Å². The van der Waals surface area contributed by atoms with Gasteiger partial charge in [-0.15, -0.1) is 0 Å². The lowest BCUT2D eigenvalue weighted by Crippen LogP contribution is -2.26. The average Bonchev–Trinajstić information content (AvgIpc) is 3.67. The van der Waals surface area contributed by atoms with Gasteiger partial charge in [-0.05, 0) is 85.6 Å². The molecule has 0 unspecified atom stereocenters. The van der Waals surface area contributed by atoms with Gasteiger partial charge in [-0.1, -0.05) is 48.5 Å². The lowest BCUT2D eigenvalue weighted by Gasteiger charge is -2.32. The molecule has 0 aliphatic carbocycles. The van der Waals surface area contributed by atoms with Gasteiger partial charge >= 0.3 is 0 Å². The lowest BCUT2D eigenvalue weighted by atomic mass is 10.1. The third kappa shape index (κ3) is 4.03. The normalized spacial score (nSPS) is 13.8. The smallest absolute Gasteiger partial charge is 0.144 e. The van der Waals surface area contributed by atoms with Crippen molar-refractivity contribution >= 4 is 44.2 Å². The molecule has 5 aromatic carbocycles. The second-order valence-corrected chi connectivity index (χ2v) is 11.4. The van der Waals surface area contributed by atoms with Crippen LogP contribution in [0.25, 0.3) is 50.0 Å². The maximum absolute atomic E-state index is 8.85. The summed E-state index contributed by atoms with van der Waals surface area (Å²) in [4.78, 5) is 11.9. The minimum Gasteiger partial charge on any atom is -0.457 e. The van der Waals surface area contributed by atoms with E-state index in [-0.39, 0.29) is 24.2 Å². The van der Waals surface area contributed by atoms with Gasteiger partial charge in [0, 0.05) is 40.4 Å². The van der Waals surface area contributed by atoms with Crippen LogP contribution in [-0.2, 0) is 6.67 Å². The average molecular weight is 588 g/mol. The standard InChI is InChI=1S/C39H29N5O/c1-25-20-38(40-23-26(25)2)44-35-16-7-3-12-30(35)31-19-18-29(22-37(31)44)45-28-11-9-10-27(21-28)42-24-43-36-17-8-5-14-33(36)41-39(43)32-13-4-6-15-34(32)42/h3-23H,24H2,1-2H3/i3D,7D,12D,16D. The predicted octanol–water partition coefficient (Wildman–Crippen LogP) is 9.71. The maximum atomic E-state index is 8.85. The number of anilines is 2. The summed E-state index contributed by atoms with van der Waals surface area (Å²) in [5.41, 5.74) is 8.24. The van der Waals surface area contributed by atoms with Crippen molar-refractivity contribution in [2.24, 2.45) is 0 Å². The Bertz CT molecular complexity index is 2660. The molecule has 0 atom stereocenters. The second kappa shape index (κ2) is 9.82. The summed E-state index contributed by atoms with van der Waals surface area (Å²) in [7, 11) is 0. The summed E-state index contributed by atoms with van der Waals surface area (Å²) >= 11 is 0. The molecule has 0 bridgehead atoms. The van der Waals surface area contributed by atoms with Crippen molar-refractivity contribution in [3.05, 3.63) is 139 Å². The Morgan fingerprint density at radius 2 is 1.58 bits per heavy atom. The third-order valence-corrected chi connectivity index (χ3v) is 8.70. The number of imidazole rings is 1. The summed E-state index contributed by atoms with van der Waals surface area (Å²) in [6, 6.07) is 31.3. The van der Waals surface area contributed by atoms with Gasteiger partial charge in [0.15, 0.2) is 0 Å². The molecule has 8 aromatic rings. The molecule has 4 heterocycles. The number of nitrogens with zero attached hydrogens (tertiary/aromatic N) is 5. The fourth-order valence-corrected chi connectivity index (χ4v) is 6.34. The molecule has 45 heavy (non-hydrogen) atoms. The van der Waals surface area contributed by atoms with Crippen LogP contribution in [-0.4, -0.2) is 19.1 Å². The number of fused-ring (bicyclic) bond motifs is 8. The summed E-state index contributed by atoms with van der Waals surface area (Å²) < 4.78 is 45.0. The summed E-state index contributed by atoms with van der Waals surface area (Å²) in [6.45, 7) is 4.58. The molecule has 0 amide bonds. The Hall–Kier alpha value is -5.88. The molecular weight excluding hydrogens is 554 g/mol. The van der Waals surface area contributed by atoms with Crippen LogP contribution in [0.3, 0.4) is 0 Å². The molecule has 6 nitrogen and oxygen atoms in total. The van der Waals surface area contributed by atoms with E-state index in [2.05, 4.69) is 38.7 Å². The molecule has 3 aromatic heterocycles. The molecule has 0 spiro atoms. The summed E-state index contributed by atoms with van der Waals surface area (Å²) in [6.07, 6.45) is 1.79. The molecule has 0 N–H and O–H groups in total. The van der Waals surface area contributed by atoms with Crippen molar-refractivity contribution in [3.8, 4) is 28.7 Å². The fourth-order valence-electron chi connectivity index (χ4n) is 6.34. The molecule has 0 fully saturated rings. The summed E-state index contributed by atoms with van der Waals surface area (Å²) in [5, 5.41) is 1.14. The van der Waals surface area contributed by atoms with E-state index in [1.807, 2.05) is 91.2 Å². The molecule has 216 valence electrons. The molecular formula is C39H29N5O. The molecule has 0 radical (unpaired) electrons. The van der Waals surface area contributed by atoms with Crippen LogP contribution in [0, 0.1) is 13.8 Å². The molecule has 0 saturated heterocycles. The molecule has 1 aliphatic rings. The number of para-hydroxylation sites is 4. The van der Waals surface area contributed by atoms with Crippen molar-refractivity contribution in [3.63, 3.8) is 0 Å². The highest BCUT2D eigenvalue weighted by atomic mass is 16.5. The largest absolute Gasteiger partial charge is 0.457 e. The van der Waals surface area contributed by atoms with E-state index in [0.29, 0.717) is 45.8 Å². The van der Waals surface area contributed by atoms with Gasteiger partial charge < -0.3 is 14.2 Å². The van der Waals surface area contributed by atoms with E-state index >= 15 is 0 Å². The van der Waals surface area contributed by atoms with Crippen LogP contribution in [0.2, 0.25) is 0 Å². The number of ether oxygens (including phenoxy) is 1. The van der Waals surface area contributed by atoms with Crippen molar-refractivity contribution in [2.75, 3.05) is 4.90 Å². The first-order valence-corrected chi connectivity index (χ1v) is 14.9. The van der Waals surface area contributed by atoms with E-state index in [1.54, 1.807) is 6.20 Å². The molecule has 6 heteroatoms.